The van der Waals surface area contributed by atoms with Gasteiger partial charge in [0.1, 0.15) is 0 Å². The molecule has 0 spiro atoms. The number of rotatable bonds is 6. The molecular weight excluding hydrogens is 320 g/mol. The number of hydrogen-bond donors (Lipinski definition) is 3. The molecule has 0 bridgehead atoms. The first-order chi connectivity index (χ1) is 12.2. The van der Waals surface area contributed by atoms with E-state index in [1.54, 1.807) is 7.11 Å². The maximum Gasteiger partial charge on any atom is 0.315 e. The Balaban J connectivity index is 1.51. The average Bonchev–Trinajstić information content (AvgIpc) is 3.08. The van der Waals surface area contributed by atoms with Crippen LogP contribution in [0.4, 0.5) is 4.79 Å². The minimum atomic E-state index is -0.161. The quantitative estimate of drug-likeness (QED) is 0.749. The molecular formula is C18H24N4O3. The summed E-state index contributed by atoms with van der Waals surface area (Å²) in [7, 11) is 1.61. The number of nitrogens with zero attached hydrogens (tertiary/aromatic N) is 1. The predicted molar refractivity (Wildman–Crippen MR) is 93.9 cm³/mol. The highest BCUT2D eigenvalue weighted by Gasteiger charge is 2.21. The van der Waals surface area contributed by atoms with E-state index in [0.717, 1.165) is 24.8 Å². The summed E-state index contributed by atoms with van der Waals surface area (Å²) in [6, 6.07) is 5.63. The lowest BCUT2D eigenvalue weighted by molar-refractivity contribution is 0.235. The number of aryl methyl sites for hydroxylation is 1. The molecule has 1 aromatic carbocycles. The van der Waals surface area contributed by atoms with Gasteiger partial charge in [-0.05, 0) is 49.4 Å². The Morgan fingerprint density at radius 2 is 2.28 bits per heavy atom. The van der Waals surface area contributed by atoms with Gasteiger partial charge in [-0.25, -0.2) is 4.79 Å². The van der Waals surface area contributed by atoms with Crippen molar-refractivity contribution in [3.8, 4) is 11.5 Å². The lowest BCUT2D eigenvalue weighted by Gasteiger charge is -2.23. The van der Waals surface area contributed by atoms with Crippen molar-refractivity contribution in [1.29, 1.82) is 0 Å². The van der Waals surface area contributed by atoms with Crippen LogP contribution in [-0.2, 0) is 19.4 Å². The van der Waals surface area contributed by atoms with Crippen molar-refractivity contribution in [2.45, 2.75) is 38.8 Å². The summed E-state index contributed by atoms with van der Waals surface area (Å²) in [5.74, 6) is 1.37. The zero-order valence-electron chi connectivity index (χ0n) is 14.6. The van der Waals surface area contributed by atoms with E-state index < -0.39 is 0 Å². The van der Waals surface area contributed by atoms with Crippen LogP contribution in [0.1, 0.15) is 30.2 Å². The van der Waals surface area contributed by atoms with Gasteiger partial charge in [-0.15, -0.1) is 0 Å². The number of ether oxygens (including phenoxy) is 2. The summed E-state index contributed by atoms with van der Waals surface area (Å²) in [5.41, 5.74) is 3.33. The van der Waals surface area contributed by atoms with Crippen LogP contribution in [0, 0.1) is 0 Å². The van der Waals surface area contributed by atoms with E-state index in [1.165, 1.54) is 11.3 Å². The maximum absolute atomic E-state index is 12.2. The molecule has 1 aliphatic rings. The van der Waals surface area contributed by atoms with Crippen LogP contribution in [0.3, 0.4) is 0 Å². The standard InChI is InChI=1S/C18H24N4O3/c1-3-25-17-8-12(4-7-16(17)24-2)10-19-18(23)21-14-5-6-15-13(9-14)11-20-22-15/h4,7-8,11,14H,3,5-6,9-10H2,1-2H3,(H,20,22)(H2,19,21,23). The zero-order valence-corrected chi connectivity index (χ0v) is 14.6. The Labute approximate surface area is 147 Å². The average molecular weight is 344 g/mol. The fraction of sp³-hybridized carbons (Fsp3) is 0.444. The van der Waals surface area contributed by atoms with Crippen LogP contribution in [0.2, 0.25) is 0 Å². The van der Waals surface area contributed by atoms with Crippen molar-refractivity contribution in [2.75, 3.05) is 13.7 Å². The van der Waals surface area contributed by atoms with Gasteiger partial charge in [0.05, 0.1) is 19.9 Å². The zero-order chi connectivity index (χ0) is 17.6. The van der Waals surface area contributed by atoms with E-state index in [-0.39, 0.29) is 12.1 Å². The second kappa shape index (κ2) is 7.92. The molecule has 1 atom stereocenters. The first-order valence-corrected chi connectivity index (χ1v) is 8.54. The Morgan fingerprint density at radius 3 is 3.08 bits per heavy atom. The number of carbonyl (C=O) groups is 1. The minimum absolute atomic E-state index is 0.139. The van der Waals surface area contributed by atoms with Crippen molar-refractivity contribution < 1.29 is 14.3 Å². The molecule has 1 unspecified atom stereocenters. The number of benzene rings is 1. The number of nitrogens with one attached hydrogen (secondary N) is 3. The van der Waals surface area contributed by atoms with Gasteiger partial charge in [0.2, 0.25) is 0 Å². The highest BCUT2D eigenvalue weighted by molar-refractivity contribution is 5.74. The monoisotopic (exact) mass is 344 g/mol. The van der Waals surface area contributed by atoms with Gasteiger partial charge in [-0.2, -0.15) is 5.10 Å². The molecule has 7 heteroatoms. The van der Waals surface area contributed by atoms with Crippen LogP contribution in [-0.4, -0.2) is 36.0 Å². The third kappa shape index (κ3) is 4.23. The molecule has 0 saturated carbocycles. The molecule has 2 amide bonds. The lowest BCUT2D eigenvalue weighted by atomic mass is 9.94. The molecule has 0 aliphatic heterocycles. The third-order valence-corrected chi connectivity index (χ3v) is 4.33. The van der Waals surface area contributed by atoms with E-state index in [0.29, 0.717) is 24.7 Å². The molecule has 7 nitrogen and oxygen atoms in total. The van der Waals surface area contributed by atoms with Gasteiger partial charge >= 0.3 is 6.03 Å². The first-order valence-electron chi connectivity index (χ1n) is 8.54. The van der Waals surface area contributed by atoms with Crippen molar-refractivity contribution in [3.63, 3.8) is 0 Å². The molecule has 3 rings (SSSR count). The molecule has 1 aromatic heterocycles. The van der Waals surface area contributed by atoms with Crippen molar-refractivity contribution in [1.82, 2.24) is 20.8 Å². The maximum atomic E-state index is 12.2. The van der Waals surface area contributed by atoms with Crippen LogP contribution >= 0.6 is 0 Å². The normalized spacial score (nSPS) is 16.0. The highest BCUT2D eigenvalue weighted by Crippen LogP contribution is 2.28. The molecule has 2 aromatic rings. The Bertz CT molecular complexity index is 729. The molecule has 1 heterocycles. The van der Waals surface area contributed by atoms with Gasteiger partial charge in [0, 0.05) is 18.3 Å². The third-order valence-electron chi connectivity index (χ3n) is 4.33. The SMILES string of the molecule is CCOc1cc(CNC(=O)NC2CCc3[nH]ncc3C2)ccc1OC. The van der Waals surface area contributed by atoms with E-state index in [1.807, 2.05) is 31.3 Å². The van der Waals surface area contributed by atoms with E-state index in [9.17, 15) is 4.79 Å². The van der Waals surface area contributed by atoms with E-state index >= 15 is 0 Å². The van der Waals surface area contributed by atoms with Crippen LogP contribution in [0.25, 0.3) is 0 Å². The topological polar surface area (TPSA) is 88.3 Å². The molecule has 0 fully saturated rings. The number of H-pyrrole nitrogens is 1. The molecule has 3 N–H and O–H groups in total. The Morgan fingerprint density at radius 1 is 1.40 bits per heavy atom. The molecule has 0 saturated heterocycles. The van der Waals surface area contributed by atoms with Gasteiger partial charge in [-0.1, -0.05) is 6.07 Å². The number of aromatic nitrogens is 2. The summed E-state index contributed by atoms with van der Waals surface area (Å²) in [4.78, 5) is 12.2. The highest BCUT2D eigenvalue weighted by atomic mass is 16.5. The number of methoxy groups -OCH3 is 1. The smallest absolute Gasteiger partial charge is 0.315 e. The van der Waals surface area contributed by atoms with Gasteiger partial charge in [0.15, 0.2) is 11.5 Å². The predicted octanol–water partition coefficient (Wildman–Crippen LogP) is 2.17. The molecule has 0 radical (unpaired) electrons. The molecule has 134 valence electrons. The summed E-state index contributed by atoms with van der Waals surface area (Å²) >= 11 is 0. The first kappa shape index (κ1) is 17.1. The second-order valence-corrected chi connectivity index (χ2v) is 6.06. The van der Waals surface area contributed by atoms with Crippen molar-refractivity contribution in [3.05, 3.63) is 41.2 Å². The van der Waals surface area contributed by atoms with Crippen LogP contribution in [0.15, 0.2) is 24.4 Å². The number of aromatic amines is 1. The number of fused-ring (bicyclic) bond motifs is 1. The van der Waals surface area contributed by atoms with E-state index in [4.69, 9.17) is 9.47 Å². The van der Waals surface area contributed by atoms with Crippen molar-refractivity contribution >= 4 is 6.03 Å². The number of carbonyl (C=O) groups excluding carboxylic acids is 1. The van der Waals surface area contributed by atoms with Crippen LogP contribution < -0.4 is 20.1 Å². The number of amides is 2. The van der Waals surface area contributed by atoms with Crippen molar-refractivity contribution in [2.24, 2.45) is 0 Å². The van der Waals surface area contributed by atoms with Gasteiger partial charge < -0.3 is 20.1 Å². The Kier molecular flexibility index (Phi) is 5.42. The molecule has 1 aliphatic carbocycles. The summed E-state index contributed by atoms with van der Waals surface area (Å²) in [5, 5.41) is 13.0. The summed E-state index contributed by atoms with van der Waals surface area (Å²) in [6.07, 6.45) is 4.49. The Hall–Kier alpha value is -2.70. The molecule has 25 heavy (non-hydrogen) atoms. The number of urea groups is 1. The van der Waals surface area contributed by atoms with Gasteiger partial charge in [-0.3, -0.25) is 5.10 Å². The number of hydrogen-bond acceptors (Lipinski definition) is 4. The van der Waals surface area contributed by atoms with Gasteiger partial charge in [0.25, 0.3) is 0 Å². The summed E-state index contributed by atoms with van der Waals surface area (Å²) < 4.78 is 10.8. The van der Waals surface area contributed by atoms with Crippen LogP contribution in [0.5, 0.6) is 11.5 Å². The fourth-order valence-electron chi connectivity index (χ4n) is 3.06. The second-order valence-electron chi connectivity index (χ2n) is 6.06. The lowest BCUT2D eigenvalue weighted by Crippen LogP contribution is -2.44. The van der Waals surface area contributed by atoms with E-state index in [2.05, 4.69) is 20.8 Å². The summed E-state index contributed by atoms with van der Waals surface area (Å²) in [6.45, 7) is 2.92. The largest absolute Gasteiger partial charge is 0.493 e. The minimum Gasteiger partial charge on any atom is -0.493 e. The fourth-order valence-corrected chi connectivity index (χ4v) is 3.06.